The van der Waals surface area contributed by atoms with E-state index in [1.54, 1.807) is 0 Å². The van der Waals surface area contributed by atoms with Gasteiger partial charge in [0.25, 0.3) is 0 Å². The molecule has 0 aliphatic carbocycles. The molecule has 0 aromatic heterocycles. The van der Waals surface area contributed by atoms with Gasteiger partial charge in [-0.05, 0) is 37.0 Å². The fourth-order valence-electron chi connectivity index (χ4n) is 1.64. The maximum Gasteiger partial charge on any atom is 0.389 e. The number of benzene rings is 1. The number of hydrogen-bond donors (Lipinski definition) is 1. The van der Waals surface area contributed by atoms with Crippen LogP contribution in [0.2, 0.25) is 0 Å². The Kier molecular flexibility index (Phi) is 5.07. The van der Waals surface area contributed by atoms with E-state index in [-0.39, 0.29) is 24.8 Å². The molecule has 0 radical (unpaired) electrons. The molecule has 1 N–H and O–H groups in total. The van der Waals surface area contributed by atoms with Gasteiger partial charge in [0.15, 0.2) is 0 Å². The first kappa shape index (κ1) is 14.9. The summed E-state index contributed by atoms with van der Waals surface area (Å²) in [6, 6.07) is 2.80. The number of rotatable bonds is 5. The zero-order valence-corrected chi connectivity index (χ0v) is 9.47. The Labute approximate surface area is 101 Å². The lowest BCUT2D eigenvalue weighted by Crippen LogP contribution is -2.13. The van der Waals surface area contributed by atoms with Crippen LogP contribution < -0.4 is 0 Å². The molecule has 1 rings (SSSR count). The lowest BCUT2D eigenvalue weighted by atomic mass is 10.0. The van der Waals surface area contributed by atoms with Gasteiger partial charge in [-0.3, -0.25) is 0 Å². The highest BCUT2D eigenvalue weighted by Crippen LogP contribution is 2.23. The van der Waals surface area contributed by atoms with E-state index in [0.717, 1.165) is 12.1 Å². The summed E-state index contributed by atoms with van der Waals surface area (Å²) in [7, 11) is 0. The second-order valence-corrected chi connectivity index (χ2v) is 4.14. The average molecular weight is 268 g/mol. The van der Waals surface area contributed by atoms with Crippen LogP contribution in [0.15, 0.2) is 18.2 Å². The second kappa shape index (κ2) is 6.13. The number of alkyl halides is 3. The number of aliphatic hydroxyl groups excluding tert-OH is 1. The van der Waals surface area contributed by atoms with Crippen LogP contribution in [0.3, 0.4) is 0 Å². The molecule has 0 bridgehead atoms. The van der Waals surface area contributed by atoms with E-state index >= 15 is 0 Å². The Balaban J connectivity index is 2.42. The molecule has 0 heterocycles. The number of hydrogen-bond acceptors (Lipinski definition) is 1. The standard InChI is InChI=1S/C12H13F5O/c13-9-4-8(5-10(14)7-9)6-11(18)2-1-3-12(15,16)17/h4-5,7,11,18H,1-3,6H2. The summed E-state index contributed by atoms with van der Waals surface area (Å²) in [5.74, 6) is -1.54. The first-order chi connectivity index (χ1) is 8.26. The summed E-state index contributed by atoms with van der Waals surface area (Å²) in [5, 5.41) is 9.47. The third kappa shape index (κ3) is 5.95. The molecule has 1 unspecified atom stereocenters. The van der Waals surface area contributed by atoms with Crippen molar-refractivity contribution in [3.8, 4) is 0 Å². The second-order valence-electron chi connectivity index (χ2n) is 4.14. The summed E-state index contributed by atoms with van der Waals surface area (Å²) >= 11 is 0. The van der Waals surface area contributed by atoms with Crippen LogP contribution in [0.4, 0.5) is 22.0 Å². The van der Waals surface area contributed by atoms with Gasteiger partial charge < -0.3 is 5.11 Å². The van der Waals surface area contributed by atoms with Gasteiger partial charge in [-0.15, -0.1) is 0 Å². The fraction of sp³-hybridized carbons (Fsp3) is 0.500. The average Bonchev–Trinajstić information content (AvgIpc) is 2.12. The summed E-state index contributed by atoms with van der Waals surface area (Å²) in [6.07, 6.45) is -6.58. The van der Waals surface area contributed by atoms with Crippen LogP contribution in [0, 0.1) is 11.6 Å². The minimum atomic E-state index is -4.25. The van der Waals surface area contributed by atoms with Gasteiger partial charge in [0.2, 0.25) is 0 Å². The van der Waals surface area contributed by atoms with Crippen LogP contribution in [0.5, 0.6) is 0 Å². The Morgan fingerprint density at radius 3 is 2.11 bits per heavy atom. The van der Waals surface area contributed by atoms with Crippen molar-refractivity contribution in [1.29, 1.82) is 0 Å². The first-order valence-corrected chi connectivity index (χ1v) is 5.46. The lowest BCUT2D eigenvalue weighted by molar-refractivity contribution is -0.136. The third-order valence-electron chi connectivity index (χ3n) is 2.39. The highest BCUT2D eigenvalue weighted by molar-refractivity contribution is 5.18. The van der Waals surface area contributed by atoms with Gasteiger partial charge in [0.05, 0.1) is 6.10 Å². The van der Waals surface area contributed by atoms with E-state index in [0.29, 0.717) is 6.07 Å². The largest absolute Gasteiger partial charge is 0.393 e. The lowest BCUT2D eigenvalue weighted by Gasteiger charge is -2.11. The van der Waals surface area contributed by atoms with E-state index in [2.05, 4.69) is 0 Å². The Morgan fingerprint density at radius 1 is 1.06 bits per heavy atom. The molecule has 0 saturated heterocycles. The van der Waals surface area contributed by atoms with E-state index in [4.69, 9.17) is 0 Å². The SMILES string of the molecule is OC(CCCC(F)(F)F)Cc1cc(F)cc(F)c1. The molecule has 0 fully saturated rings. The molecule has 1 atom stereocenters. The molecule has 102 valence electrons. The highest BCUT2D eigenvalue weighted by atomic mass is 19.4. The maximum absolute atomic E-state index is 12.8. The quantitative estimate of drug-likeness (QED) is 0.809. The molecule has 1 aromatic rings. The Hall–Kier alpha value is -1.17. The van der Waals surface area contributed by atoms with E-state index in [1.807, 2.05) is 0 Å². The van der Waals surface area contributed by atoms with Crippen molar-refractivity contribution in [3.63, 3.8) is 0 Å². The van der Waals surface area contributed by atoms with Crippen LogP contribution >= 0.6 is 0 Å². The van der Waals surface area contributed by atoms with Crippen LogP contribution in [-0.2, 0) is 6.42 Å². The molecule has 6 heteroatoms. The van der Waals surface area contributed by atoms with Gasteiger partial charge in [-0.1, -0.05) is 0 Å². The molecule has 0 saturated carbocycles. The van der Waals surface area contributed by atoms with Gasteiger partial charge in [-0.25, -0.2) is 8.78 Å². The monoisotopic (exact) mass is 268 g/mol. The van der Waals surface area contributed by atoms with E-state index in [9.17, 15) is 27.1 Å². The highest BCUT2D eigenvalue weighted by Gasteiger charge is 2.26. The molecule has 1 nitrogen and oxygen atoms in total. The molecular weight excluding hydrogens is 255 g/mol. The summed E-state index contributed by atoms with van der Waals surface area (Å²) in [5.41, 5.74) is 0.229. The molecular formula is C12H13F5O. The molecule has 18 heavy (non-hydrogen) atoms. The van der Waals surface area contributed by atoms with Crippen molar-refractivity contribution in [2.45, 2.75) is 38.0 Å². The van der Waals surface area contributed by atoms with Gasteiger partial charge >= 0.3 is 6.18 Å². The fourth-order valence-corrected chi connectivity index (χ4v) is 1.64. The minimum Gasteiger partial charge on any atom is -0.393 e. The molecule has 0 aliphatic rings. The minimum absolute atomic E-state index is 0.0579. The number of aliphatic hydroxyl groups is 1. The van der Waals surface area contributed by atoms with Crippen molar-refractivity contribution >= 4 is 0 Å². The smallest absolute Gasteiger partial charge is 0.389 e. The predicted octanol–water partition coefficient (Wildman–Crippen LogP) is 3.60. The van der Waals surface area contributed by atoms with E-state index < -0.39 is 30.3 Å². The van der Waals surface area contributed by atoms with Gasteiger partial charge in [-0.2, -0.15) is 13.2 Å². The maximum atomic E-state index is 12.8. The van der Waals surface area contributed by atoms with Crippen LogP contribution in [0.1, 0.15) is 24.8 Å². The summed E-state index contributed by atoms with van der Waals surface area (Å²) in [6.45, 7) is 0. The van der Waals surface area contributed by atoms with Crippen LogP contribution in [-0.4, -0.2) is 17.4 Å². The van der Waals surface area contributed by atoms with Gasteiger partial charge in [0, 0.05) is 12.5 Å². The molecule has 1 aromatic carbocycles. The molecule has 0 aliphatic heterocycles. The van der Waals surface area contributed by atoms with Crippen molar-refractivity contribution in [3.05, 3.63) is 35.4 Å². The third-order valence-corrected chi connectivity index (χ3v) is 2.39. The normalized spacial score (nSPS) is 13.7. The number of halogens is 5. The predicted molar refractivity (Wildman–Crippen MR) is 56.0 cm³/mol. The summed E-state index contributed by atoms with van der Waals surface area (Å²) < 4.78 is 61.2. The Bertz CT molecular complexity index is 368. The summed E-state index contributed by atoms with van der Waals surface area (Å²) in [4.78, 5) is 0. The van der Waals surface area contributed by atoms with Crippen molar-refractivity contribution in [1.82, 2.24) is 0 Å². The first-order valence-electron chi connectivity index (χ1n) is 5.46. The van der Waals surface area contributed by atoms with Crippen molar-refractivity contribution in [2.24, 2.45) is 0 Å². The zero-order valence-electron chi connectivity index (χ0n) is 9.47. The van der Waals surface area contributed by atoms with Crippen LogP contribution in [0.25, 0.3) is 0 Å². The molecule has 0 amide bonds. The Morgan fingerprint density at radius 2 is 1.61 bits per heavy atom. The van der Waals surface area contributed by atoms with Gasteiger partial charge in [0.1, 0.15) is 11.6 Å². The molecule has 0 spiro atoms. The van der Waals surface area contributed by atoms with E-state index in [1.165, 1.54) is 0 Å². The van der Waals surface area contributed by atoms with Crippen molar-refractivity contribution < 1.29 is 27.1 Å². The topological polar surface area (TPSA) is 20.2 Å². The van der Waals surface area contributed by atoms with Crippen molar-refractivity contribution in [2.75, 3.05) is 0 Å². The zero-order chi connectivity index (χ0) is 13.8.